The van der Waals surface area contributed by atoms with E-state index >= 15 is 0 Å². The SMILES string of the molecule is Nc1ccc(C(=O)OCC(=O)NC2CCCCCC2)cc1[N+](=O)[O-]. The lowest BCUT2D eigenvalue weighted by molar-refractivity contribution is -0.383. The van der Waals surface area contributed by atoms with Crippen molar-refractivity contribution >= 4 is 23.3 Å². The van der Waals surface area contributed by atoms with E-state index in [9.17, 15) is 19.7 Å². The third kappa shape index (κ3) is 4.94. The Labute approximate surface area is 139 Å². The normalized spacial score (nSPS) is 15.3. The maximum atomic E-state index is 11.9. The summed E-state index contributed by atoms with van der Waals surface area (Å²) in [6.07, 6.45) is 6.39. The van der Waals surface area contributed by atoms with Crippen molar-refractivity contribution in [2.24, 2.45) is 0 Å². The van der Waals surface area contributed by atoms with Crippen LogP contribution in [0.15, 0.2) is 18.2 Å². The molecule has 1 aromatic rings. The molecule has 0 unspecified atom stereocenters. The van der Waals surface area contributed by atoms with E-state index in [0.29, 0.717) is 0 Å². The Morgan fingerprint density at radius 3 is 2.54 bits per heavy atom. The second kappa shape index (κ2) is 8.28. The van der Waals surface area contributed by atoms with Crippen molar-refractivity contribution in [2.75, 3.05) is 12.3 Å². The van der Waals surface area contributed by atoms with Crippen LogP contribution in [0.1, 0.15) is 48.9 Å². The molecular formula is C16H21N3O5. The summed E-state index contributed by atoms with van der Waals surface area (Å²) in [4.78, 5) is 33.9. The molecule has 1 aliphatic carbocycles. The Balaban J connectivity index is 1.87. The number of benzene rings is 1. The van der Waals surface area contributed by atoms with Crippen LogP contribution < -0.4 is 11.1 Å². The van der Waals surface area contributed by atoms with Gasteiger partial charge in [-0.15, -0.1) is 0 Å². The largest absolute Gasteiger partial charge is 0.452 e. The first-order valence-electron chi connectivity index (χ1n) is 7.98. The molecule has 1 amide bonds. The number of carbonyl (C=O) groups is 2. The molecule has 1 saturated carbocycles. The van der Waals surface area contributed by atoms with Gasteiger partial charge < -0.3 is 15.8 Å². The van der Waals surface area contributed by atoms with Gasteiger partial charge in [0.1, 0.15) is 5.69 Å². The second-order valence-corrected chi connectivity index (χ2v) is 5.86. The highest BCUT2D eigenvalue weighted by Gasteiger charge is 2.19. The minimum atomic E-state index is -0.797. The summed E-state index contributed by atoms with van der Waals surface area (Å²) in [6.45, 7) is -0.409. The number of ether oxygens (including phenoxy) is 1. The summed E-state index contributed by atoms with van der Waals surface area (Å²) in [5.74, 6) is -1.16. The quantitative estimate of drug-likeness (QED) is 0.279. The van der Waals surface area contributed by atoms with Gasteiger partial charge in [-0.1, -0.05) is 25.7 Å². The van der Waals surface area contributed by atoms with Gasteiger partial charge in [0.15, 0.2) is 6.61 Å². The number of nitrogen functional groups attached to an aromatic ring is 1. The molecule has 130 valence electrons. The van der Waals surface area contributed by atoms with Crippen LogP contribution in [-0.4, -0.2) is 29.4 Å². The zero-order chi connectivity index (χ0) is 17.5. The highest BCUT2D eigenvalue weighted by atomic mass is 16.6. The number of hydrogen-bond acceptors (Lipinski definition) is 6. The van der Waals surface area contributed by atoms with Gasteiger partial charge in [0.05, 0.1) is 10.5 Å². The number of carbonyl (C=O) groups excluding carboxylic acids is 2. The zero-order valence-electron chi connectivity index (χ0n) is 13.3. The van der Waals surface area contributed by atoms with Crippen molar-refractivity contribution in [2.45, 2.75) is 44.6 Å². The zero-order valence-corrected chi connectivity index (χ0v) is 13.3. The highest BCUT2D eigenvalue weighted by molar-refractivity contribution is 5.92. The van der Waals surface area contributed by atoms with E-state index in [2.05, 4.69) is 5.32 Å². The fourth-order valence-electron chi connectivity index (χ4n) is 2.74. The molecule has 3 N–H and O–H groups in total. The van der Waals surface area contributed by atoms with Gasteiger partial charge in [0.25, 0.3) is 11.6 Å². The lowest BCUT2D eigenvalue weighted by Crippen LogP contribution is -2.37. The van der Waals surface area contributed by atoms with Gasteiger partial charge in [0, 0.05) is 12.1 Å². The Morgan fingerprint density at radius 1 is 1.25 bits per heavy atom. The van der Waals surface area contributed by atoms with E-state index in [1.165, 1.54) is 25.0 Å². The summed E-state index contributed by atoms with van der Waals surface area (Å²) >= 11 is 0. The molecule has 0 spiro atoms. The average Bonchev–Trinajstić information content (AvgIpc) is 2.81. The van der Waals surface area contributed by atoms with E-state index in [-0.39, 0.29) is 28.9 Å². The molecule has 8 nitrogen and oxygen atoms in total. The van der Waals surface area contributed by atoms with Crippen LogP contribution >= 0.6 is 0 Å². The molecule has 0 atom stereocenters. The molecule has 0 aliphatic heterocycles. The number of nitro groups is 1. The minimum absolute atomic E-state index is 0.0156. The summed E-state index contributed by atoms with van der Waals surface area (Å²) in [7, 11) is 0. The van der Waals surface area contributed by atoms with Gasteiger partial charge in [-0.05, 0) is 25.0 Å². The van der Waals surface area contributed by atoms with Crippen LogP contribution in [0, 0.1) is 10.1 Å². The van der Waals surface area contributed by atoms with E-state index in [1.807, 2.05) is 0 Å². The highest BCUT2D eigenvalue weighted by Crippen LogP contribution is 2.22. The fraction of sp³-hybridized carbons (Fsp3) is 0.500. The summed E-state index contributed by atoms with van der Waals surface area (Å²) < 4.78 is 4.92. The van der Waals surface area contributed by atoms with Crippen molar-refractivity contribution in [1.82, 2.24) is 5.32 Å². The predicted molar refractivity (Wildman–Crippen MR) is 87.4 cm³/mol. The number of hydrogen-bond donors (Lipinski definition) is 2. The second-order valence-electron chi connectivity index (χ2n) is 5.86. The van der Waals surface area contributed by atoms with E-state index in [1.54, 1.807) is 0 Å². The standard InChI is InChI=1S/C16H21N3O5/c17-13-8-7-11(9-14(13)19(22)23)16(21)24-10-15(20)18-12-5-3-1-2-4-6-12/h7-9,12H,1-6,10,17H2,(H,18,20). The van der Waals surface area contributed by atoms with Gasteiger partial charge in [0.2, 0.25) is 0 Å². The predicted octanol–water partition coefficient (Wildman–Crippen LogP) is 2.17. The van der Waals surface area contributed by atoms with Crippen molar-refractivity contribution in [3.63, 3.8) is 0 Å². The topological polar surface area (TPSA) is 125 Å². The van der Waals surface area contributed by atoms with Gasteiger partial charge in [-0.25, -0.2) is 4.79 Å². The lowest BCUT2D eigenvalue weighted by Gasteiger charge is -2.16. The first kappa shape index (κ1) is 17.7. The number of nitrogens with one attached hydrogen (secondary N) is 1. The first-order valence-corrected chi connectivity index (χ1v) is 7.98. The third-order valence-corrected chi connectivity index (χ3v) is 4.02. The molecule has 1 aromatic carbocycles. The van der Waals surface area contributed by atoms with Gasteiger partial charge >= 0.3 is 5.97 Å². The third-order valence-electron chi connectivity index (χ3n) is 4.02. The number of amides is 1. The van der Waals surface area contributed by atoms with Crippen LogP contribution in [0.5, 0.6) is 0 Å². The van der Waals surface area contributed by atoms with Crippen LogP contribution in [0.25, 0.3) is 0 Å². The molecule has 2 rings (SSSR count). The number of anilines is 1. The first-order chi connectivity index (χ1) is 11.5. The molecule has 0 radical (unpaired) electrons. The lowest BCUT2D eigenvalue weighted by atomic mass is 10.1. The van der Waals surface area contributed by atoms with Gasteiger partial charge in [-0.3, -0.25) is 14.9 Å². The Hall–Kier alpha value is -2.64. The van der Waals surface area contributed by atoms with Gasteiger partial charge in [-0.2, -0.15) is 0 Å². The number of nitrogens with two attached hydrogens (primary N) is 1. The van der Waals surface area contributed by atoms with E-state index in [4.69, 9.17) is 10.5 Å². The fourth-order valence-corrected chi connectivity index (χ4v) is 2.74. The molecule has 0 heterocycles. The molecule has 1 aliphatic rings. The Morgan fingerprint density at radius 2 is 1.92 bits per heavy atom. The maximum absolute atomic E-state index is 11.9. The Bertz CT molecular complexity index is 624. The molecular weight excluding hydrogens is 314 g/mol. The van der Waals surface area contributed by atoms with Crippen LogP contribution in [0.2, 0.25) is 0 Å². The number of esters is 1. The summed E-state index contributed by atoms with van der Waals surface area (Å²) in [6, 6.07) is 3.76. The molecule has 0 saturated heterocycles. The van der Waals surface area contributed by atoms with Crippen LogP contribution in [0.3, 0.4) is 0 Å². The smallest absolute Gasteiger partial charge is 0.338 e. The van der Waals surface area contributed by atoms with Crippen molar-refractivity contribution < 1.29 is 19.2 Å². The Kier molecular flexibility index (Phi) is 6.11. The van der Waals surface area contributed by atoms with Crippen LogP contribution in [-0.2, 0) is 9.53 Å². The van der Waals surface area contributed by atoms with E-state index in [0.717, 1.165) is 31.7 Å². The van der Waals surface area contributed by atoms with Crippen molar-refractivity contribution in [3.05, 3.63) is 33.9 Å². The number of rotatable bonds is 5. The molecule has 8 heteroatoms. The van der Waals surface area contributed by atoms with E-state index < -0.39 is 17.5 Å². The average molecular weight is 335 g/mol. The maximum Gasteiger partial charge on any atom is 0.338 e. The summed E-state index contributed by atoms with van der Waals surface area (Å²) in [5.41, 5.74) is 5.05. The molecule has 0 aromatic heterocycles. The minimum Gasteiger partial charge on any atom is -0.452 e. The molecule has 1 fully saturated rings. The molecule has 0 bridgehead atoms. The van der Waals surface area contributed by atoms with Crippen molar-refractivity contribution in [3.8, 4) is 0 Å². The van der Waals surface area contributed by atoms with Crippen LogP contribution in [0.4, 0.5) is 11.4 Å². The molecule has 24 heavy (non-hydrogen) atoms. The van der Waals surface area contributed by atoms with Crippen molar-refractivity contribution in [1.29, 1.82) is 0 Å². The monoisotopic (exact) mass is 335 g/mol. The summed E-state index contributed by atoms with van der Waals surface area (Å²) in [5, 5.41) is 13.7. The number of nitro benzene ring substituents is 1. The number of nitrogens with zero attached hydrogens (tertiary/aromatic N) is 1.